The number of rotatable bonds is 4. The molecule has 1 amide bonds. The molecule has 1 aromatic carbocycles. The van der Waals surface area contributed by atoms with Crippen LogP contribution in [0.25, 0.3) is 0 Å². The third kappa shape index (κ3) is 3.51. The summed E-state index contributed by atoms with van der Waals surface area (Å²) < 4.78 is 5.40. The van der Waals surface area contributed by atoms with E-state index >= 15 is 0 Å². The summed E-state index contributed by atoms with van der Waals surface area (Å²) in [5.41, 5.74) is 2.37. The summed E-state index contributed by atoms with van der Waals surface area (Å²) in [7, 11) is 1.70. The molecule has 1 heterocycles. The van der Waals surface area contributed by atoms with E-state index in [0.717, 1.165) is 25.3 Å². The fraction of sp³-hybridized carbons (Fsp3) is 0.562. The molecule has 4 heteroatoms. The first kappa shape index (κ1) is 14.9. The van der Waals surface area contributed by atoms with Crippen LogP contribution >= 0.6 is 0 Å². The van der Waals surface area contributed by atoms with Crippen LogP contribution in [-0.2, 0) is 11.3 Å². The number of hydrogen-bond donors (Lipinski definition) is 1. The molecular formula is C16H24N2O2. The molecule has 1 aromatic rings. The van der Waals surface area contributed by atoms with Gasteiger partial charge in [0.1, 0.15) is 5.75 Å². The number of amides is 1. The van der Waals surface area contributed by atoms with Crippen LogP contribution in [0.15, 0.2) is 18.2 Å². The zero-order valence-corrected chi connectivity index (χ0v) is 12.6. The van der Waals surface area contributed by atoms with Gasteiger partial charge < -0.3 is 15.0 Å². The van der Waals surface area contributed by atoms with Crippen molar-refractivity contribution in [3.8, 4) is 5.75 Å². The summed E-state index contributed by atoms with van der Waals surface area (Å²) in [5, 5.41) is 3.15. The highest BCUT2D eigenvalue weighted by atomic mass is 16.5. The number of ether oxygens (including phenoxy) is 1. The van der Waals surface area contributed by atoms with E-state index < -0.39 is 0 Å². The molecule has 0 unspecified atom stereocenters. The number of nitrogens with one attached hydrogen (secondary N) is 1. The number of carbonyl (C=O) groups is 1. The van der Waals surface area contributed by atoms with Gasteiger partial charge in [0.05, 0.1) is 13.7 Å². The summed E-state index contributed by atoms with van der Waals surface area (Å²) >= 11 is 0. The van der Waals surface area contributed by atoms with E-state index in [1.807, 2.05) is 11.0 Å². The molecule has 0 aliphatic carbocycles. The van der Waals surface area contributed by atoms with Crippen LogP contribution in [0.2, 0.25) is 0 Å². The SMILES string of the molecule is COc1ccc(CN2CCCNCC2=O)cc1C(C)C. The molecule has 0 bridgehead atoms. The zero-order valence-electron chi connectivity index (χ0n) is 12.6. The van der Waals surface area contributed by atoms with Gasteiger partial charge in [-0.15, -0.1) is 0 Å². The molecule has 1 aliphatic rings. The number of nitrogens with zero attached hydrogens (tertiary/aromatic N) is 1. The predicted molar refractivity (Wildman–Crippen MR) is 80.0 cm³/mol. The van der Waals surface area contributed by atoms with Crippen molar-refractivity contribution in [2.24, 2.45) is 0 Å². The van der Waals surface area contributed by atoms with E-state index in [0.29, 0.717) is 19.0 Å². The second kappa shape index (κ2) is 6.75. The molecule has 1 fully saturated rings. The van der Waals surface area contributed by atoms with Crippen LogP contribution in [0.1, 0.15) is 37.3 Å². The predicted octanol–water partition coefficient (Wildman–Crippen LogP) is 2.14. The summed E-state index contributed by atoms with van der Waals surface area (Å²) in [5.74, 6) is 1.52. The molecule has 1 saturated heterocycles. The zero-order chi connectivity index (χ0) is 14.5. The van der Waals surface area contributed by atoms with Gasteiger partial charge in [-0.3, -0.25) is 4.79 Å². The molecule has 20 heavy (non-hydrogen) atoms. The maximum atomic E-state index is 12.0. The number of carbonyl (C=O) groups excluding carboxylic acids is 1. The third-order valence-corrected chi connectivity index (χ3v) is 3.70. The Bertz CT molecular complexity index is 472. The lowest BCUT2D eigenvalue weighted by Gasteiger charge is -2.21. The monoisotopic (exact) mass is 276 g/mol. The van der Waals surface area contributed by atoms with Crippen LogP contribution in [0, 0.1) is 0 Å². The van der Waals surface area contributed by atoms with Gasteiger partial charge in [0, 0.05) is 13.1 Å². The summed E-state index contributed by atoms with van der Waals surface area (Å²) in [6, 6.07) is 6.22. The van der Waals surface area contributed by atoms with E-state index in [4.69, 9.17) is 4.74 Å². The fourth-order valence-electron chi connectivity index (χ4n) is 2.55. The molecule has 0 aromatic heterocycles. The van der Waals surface area contributed by atoms with Gasteiger partial charge in [-0.25, -0.2) is 0 Å². The van der Waals surface area contributed by atoms with Crippen molar-refractivity contribution in [2.45, 2.75) is 32.7 Å². The van der Waals surface area contributed by atoms with Gasteiger partial charge in [0.15, 0.2) is 0 Å². The third-order valence-electron chi connectivity index (χ3n) is 3.70. The number of benzene rings is 1. The Morgan fingerprint density at radius 3 is 2.90 bits per heavy atom. The molecule has 110 valence electrons. The van der Waals surface area contributed by atoms with Gasteiger partial charge in [-0.1, -0.05) is 26.0 Å². The van der Waals surface area contributed by atoms with Crippen LogP contribution in [0.4, 0.5) is 0 Å². The van der Waals surface area contributed by atoms with Crippen LogP contribution in [0.5, 0.6) is 5.75 Å². The fourth-order valence-corrected chi connectivity index (χ4v) is 2.55. The van der Waals surface area contributed by atoms with E-state index in [1.54, 1.807) is 7.11 Å². The lowest BCUT2D eigenvalue weighted by molar-refractivity contribution is -0.130. The molecule has 1 N–H and O–H groups in total. The second-order valence-electron chi connectivity index (χ2n) is 5.58. The minimum atomic E-state index is 0.185. The number of methoxy groups -OCH3 is 1. The Hall–Kier alpha value is -1.55. The highest BCUT2D eigenvalue weighted by Crippen LogP contribution is 2.27. The molecular weight excluding hydrogens is 252 g/mol. The molecule has 1 aliphatic heterocycles. The first-order valence-corrected chi connectivity index (χ1v) is 7.27. The van der Waals surface area contributed by atoms with E-state index in [-0.39, 0.29) is 5.91 Å². The molecule has 4 nitrogen and oxygen atoms in total. The van der Waals surface area contributed by atoms with Crippen molar-refractivity contribution in [1.29, 1.82) is 0 Å². The minimum Gasteiger partial charge on any atom is -0.496 e. The summed E-state index contributed by atoms with van der Waals surface area (Å²) in [4.78, 5) is 13.9. The van der Waals surface area contributed by atoms with Crippen LogP contribution in [-0.4, -0.2) is 37.6 Å². The van der Waals surface area contributed by atoms with Gasteiger partial charge in [-0.05, 0) is 36.1 Å². The van der Waals surface area contributed by atoms with Gasteiger partial charge in [0.25, 0.3) is 0 Å². The maximum absolute atomic E-state index is 12.0. The second-order valence-corrected chi connectivity index (χ2v) is 5.58. The normalized spacial score (nSPS) is 16.4. The molecule has 0 atom stereocenters. The van der Waals surface area contributed by atoms with Crippen molar-refractivity contribution in [3.63, 3.8) is 0 Å². The average molecular weight is 276 g/mol. The van der Waals surface area contributed by atoms with E-state index in [1.165, 1.54) is 11.1 Å². The smallest absolute Gasteiger partial charge is 0.236 e. The van der Waals surface area contributed by atoms with Crippen molar-refractivity contribution in [2.75, 3.05) is 26.7 Å². The molecule has 0 spiro atoms. The molecule has 2 rings (SSSR count). The first-order valence-electron chi connectivity index (χ1n) is 7.27. The van der Waals surface area contributed by atoms with Gasteiger partial charge >= 0.3 is 0 Å². The highest BCUT2D eigenvalue weighted by molar-refractivity contribution is 5.78. The maximum Gasteiger partial charge on any atom is 0.236 e. The molecule has 0 saturated carbocycles. The lowest BCUT2D eigenvalue weighted by atomic mass is 9.99. The standard InChI is InChI=1S/C16H24N2O2/c1-12(2)14-9-13(5-6-15(14)20-3)11-18-8-4-7-17-10-16(18)19/h5-6,9,12,17H,4,7-8,10-11H2,1-3H3. The minimum absolute atomic E-state index is 0.185. The van der Waals surface area contributed by atoms with Crippen molar-refractivity contribution in [1.82, 2.24) is 10.2 Å². The van der Waals surface area contributed by atoms with E-state index in [2.05, 4.69) is 31.3 Å². The van der Waals surface area contributed by atoms with E-state index in [9.17, 15) is 4.79 Å². The first-order chi connectivity index (χ1) is 9.61. The Morgan fingerprint density at radius 2 is 2.20 bits per heavy atom. The number of hydrogen-bond acceptors (Lipinski definition) is 3. The van der Waals surface area contributed by atoms with Crippen molar-refractivity contribution < 1.29 is 9.53 Å². The molecule has 0 radical (unpaired) electrons. The average Bonchev–Trinajstić information content (AvgIpc) is 2.64. The Balaban J connectivity index is 2.16. The summed E-state index contributed by atoms with van der Waals surface area (Å²) in [6.07, 6.45) is 1.01. The highest BCUT2D eigenvalue weighted by Gasteiger charge is 2.17. The largest absolute Gasteiger partial charge is 0.496 e. The Labute approximate surface area is 121 Å². The van der Waals surface area contributed by atoms with Crippen molar-refractivity contribution >= 4 is 5.91 Å². The topological polar surface area (TPSA) is 41.6 Å². The summed E-state index contributed by atoms with van der Waals surface area (Å²) in [6.45, 7) is 7.19. The van der Waals surface area contributed by atoms with Crippen LogP contribution in [0.3, 0.4) is 0 Å². The Kier molecular flexibility index (Phi) is 5.01. The quantitative estimate of drug-likeness (QED) is 0.916. The lowest BCUT2D eigenvalue weighted by Crippen LogP contribution is -2.34. The van der Waals surface area contributed by atoms with Crippen molar-refractivity contribution in [3.05, 3.63) is 29.3 Å². The van der Waals surface area contributed by atoms with Gasteiger partial charge in [-0.2, -0.15) is 0 Å². The van der Waals surface area contributed by atoms with Gasteiger partial charge in [0.2, 0.25) is 5.91 Å². The Morgan fingerprint density at radius 1 is 1.40 bits per heavy atom. The van der Waals surface area contributed by atoms with Crippen LogP contribution < -0.4 is 10.1 Å².